The third kappa shape index (κ3) is 5.80. The molecule has 20 heavy (non-hydrogen) atoms. The van der Waals surface area contributed by atoms with Gasteiger partial charge in [0, 0.05) is 0 Å². The van der Waals surface area contributed by atoms with Crippen LogP contribution in [0.1, 0.15) is 45.4 Å². The summed E-state index contributed by atoms with van der Waals surface area (Å²) in [6.07, 6.45) is 6.45. The zero-order valence-corrected chi connectivity index (χ0v) is 12.2. The monoisotopic (exact) mass is 276 g/mol. The minimum absolute atomic E-state index is 0.474. The highest BCUT2D eigenvalue weighted by Gasteiger charge is 2.50. The van der Waals surface area contributed by atoms with E-state index in [0.717, 1.165) is 12.8 Å². The van der Waals surface area contributed by atoms with Crippen LogP contribution in [0.3, 0.4) is 0 Å². The van der Waals surface area contributed by atoms with E-state index in [1.54, 1.807) is 0 Å². The van der Waals surface area contributed by atoms with E-state index in [-0.39, 0.29) is 0 Å². The Morgan fingerprint density at radius 2 is 1.85 bits per heavy atom. The summed E-state index contributed by atoms with van der Waals surface area (Å²) in [7, 11) is 0. The molecule has 0 aromatic rings. The highest BCUT2D eigenvalue weighted by atomic mass is 16.6. The van der Waals surface area contributed by atoms with Crippen LogP contribution in [-0.4, -0.2) is 34.6 Å². The van der Waals surface area contributed by atoms with Gasteiger partial charge in [0.1, 0.15) is 17.8 Å². The van der Waals surface area contributed by atoms with Crippen LogP contribution < -0.4 is 0 Å². The van der Waals surface area contributed by atoms with Gasteiger partial charge in [-0.05, 0) is 18.3 Å². The molecule has 0 aromatic heterocycles. The Bertz CT molecular complexity index is 415. The van der Waals surface area contributed by atoms with Crippen LogP contribution >= 0.6 is 0 Å². The van der Waals surface area contributed by atoms with Gasteiger partial charge in [-0.2, -0.15) is 0 Å². The lowest BCUT2D eigenvalue weighted by atomic mass is 9.96. The Hall–Kier alpha value is -1.26. The van der Waals surface area contributed by atoms with Gasteiger partial charge in [0.25, 0.3) is 0 Å². The molecule has 1 aliphatic rings. The van der Waals surface area contributed by atoms with E-state index < -0.39 is 17.8 Å². The molecule has 1 unspecified atom stereocenters. The Balaban J connectivity index is 2.34. The first kappa shape index (κ1) is 16.8. The van der Waals surface area contributed by atoms with Gasteiger partial charge in [-0.1, -0.05) is 63.5 Å². The quantitative estimate of drug-likeness (QED) is 0.309. The molecule has 1 aliphatic heterocycles. The molecule has 0 spiro atoms. The number of ether oxygens (including phenoxy) is 1. The van der Waals surface area contributed by atoms with E-state index in [0.29, 0.717) is 6.61 Å². The van der Waals surface area contributed by atoms with E-state index in [9.17, 15) is 5.11 Å². The molecule has 0 bridgehead atoms. The van der Waals surface area contributed by atoms with Crippen LogP contribution in [0.2, 0.25) is 0 Å². The molecule has 1 heterocycles. The van der Waals surface area contributed by atoms with Gasteiger partial charge in [0.05, 0.1) is 6.61 Å². The zero-order valence-electron chi connectivity index (χ0n) is 12.2. The van der Waals surface area contributed by atoms with Crippen molar-refractivity contribution >= 4 is 0 Å². The zero-order chi connectivity index (χ0) is 14.8. The molecule has 0 aliphatic carbocycles. The molecule has 0 saturated carbocycles. The van der Waals surface area contributed by atoms with Crippen LogP contribution in [0.25, 0.3) is 0 Å². The molecule has 0 amide bonds. The van der Waals surface area contributed by atoms with E-state index in [4.69, 9.17) is 9.84 Å². The fourth-order valence-electron chi connectivity index (χ4n) is 1.96. The van der Waals surface area contributed by atoms with Crippen molar-refractivity contribution in [3.63, 3.8) is 0 Å². The lowest BCUT2D eigenvalue weighted by molar-refractivity contribution is 0.111. The third-order valence-corrected chi connectivity index (χ3v) is 3.43. The molecule has 3 atom stereocenters. The number of aliphatic hydroxyl groups is 2. The number of rotatable bonds is 8. The number of hydrogen-bond donors (Lipinski definition) is 2. The van der Waals surface area contributed by atoms with Gasteiger partial charge in [-0.15, -0.1) is 0 Å². The van der Waals surface area contributed by atoms with Crippen LogP contribution in [0.15, 0.2) is 12.7 Å². The fraction of sp³-hybridized carbons (Fsp3) is 0.647. The first-order chi connectivity index (χ1) is 9.64. The van der Waals surface area contributed by atoms with E-state index >= 15 is 0 Å². The minimum atomic E-state index is -0.869. The molecule has 3 nitrogen and oxygen atoms in total. The molecule has 1 rings (SSSR count). The maximum Gasteiger partial charge on any atom is 0.146 e. The van der Waals surface area contributed by atoms with Crippen molar-refractivity contribution in [2.24, 2.45) is 0 Å². The lowest BCUT2D eigenvalue weighted by Crippen LogP contribution is -2.28. The van der Waals surface area contributed by atoms with Crippen LogP contribution in [0.5, 0.6) is 0 Å². The fourth-order valence-corrected chi connectivity index (χ4v) is 1.96. The number of hydrogen-bond acceptors (Lipinski definition) is 3. The van der Waals surface area contributed by atoms with Crippen molar-refractivity contribution in [1.29, 1.82) is 0 Å². The molecular weight excluding hydrogens is 252 g/mol. The molecule has 0 radical (unpaired) electrons. The summed E-state index contributed by atoms with van der Waals surface area (Å²) < 4.78 is 5.40. The minimum Gasteiger partial charge on any atom is -0.377 e. The van der Waals surface area contributed by atoms with Gasteiger partial charge in [0.15, 0.2) is 0 Å². The van der Waals surface area contributed by atoms with Crippen molar-refractivity contribution in [1.82, 2.24) is 0 Å². The number of unbranched alkanes of at least 4 members (excludes halogenated alkanes) is 4. The molecule has 0 aromatic carbocycles. The predicted molar refractivity (Wildman–Crippen MR) is 79.8 cm³/mol. The highest BCUT2D eigenvalue weighted by molar-refractivity contribution is 5.31. The second-order valence-corrected chi connectivity index (χ2v) is 5.14. The summed E-state index contributed by atoms with van der Waals surface area (Å²) in [4.78, 5) is 0. The van der Waals surface area contributed by atoms with Crippen molar-refractivity contribution < 1.29 is 14.9 Å². The Labute approximate surface area is 122 Å². The maximum atomic E-state index is 10.0. The normalized spacial score (nSPS) is 22.8. The Morgan fingerprint density at radius 3 is 2.45 bits per heavy atom. The Kier molecular flexibility index (Phi) is 7.41. The van der Waals surface area contributed by atoms with Gasteiger partial charge in [-0.3, -0.25) is 0 Å². The molecule has 2 N–H and O–H groups in total. The summed E-state index contributed by atoms with van der Waals surface area (Å²) in [6.45, 7) is 6.17. The molecule has 3 heteroatoms. The van der Waals surface area contributed by atoms with Gasteiger partial charge >= 0.3 is 0 Å². The van der Waals surface area contributed by atoms with Crippen LogP contribution in [0.4, 0.5) is 0 Å². The average Bonchev–Trinajstić information content (AvgIpc) is 3.24. The van der Waals surface area contributed by atoms with E-state index in [2.05, 4.69) is 37.2 Å². The standard InChI is InChI=1S/C17H24O3/c1-3-5-6-7-10-13-17(14-20-17)16(19)12-9-8-11-15(18)4-2/h4,15-16,18-19H,2-3,5-7,10,13-14H2,1H3/t15-,16-,17?/m1/s1. The maximum absolute atomic E-state index is 10.0. The molecular formula is C17H24O3. The molecule has 1 fully saturated rings. The number of aliphatic hydroxyl groups excluding tert-OH is 2. The second-order valence-electron chi connectivity index (χ2n) is 5.14. The van der Waals surface area contributed by atoms with Crippen molar-refractivity contribution in [3.05, 3.63) is 12.7 Å². The van der Waals surface area contributed by atoms with Gasteiger partial charge < -0.3 is 14.9 Å². The summed E-state index contributed by atoms with van der Waals surface area (Å²) in [6, 6.07) is 0. The SMILES string of the molecule is C=C[C@@H](O)C#CC#C[C@@H](O)C1(CCCCCCC)CO1. The van der Waals surface area contributed by atoms with Crippen molar-refractivity contribution in [3.8, 4) is 23.7 Å². The highest BCUT2D eigenvalue weighted by Crippen LogP contribution is 2.36. The molecule has 1 saturated heterocycles. The topological polar surface area (TPSA) is 53.0 Å². The summed E-state index contributed by atoms with van der Waals surface area (Å²) >= 11 is 0. The Morgan fingerprint density at radius 1 is 1.20 bits per heavy atom. The van der Waals surface area contributed by atoms with E-state index in [1.807, 2.05) is 0 Å². The first-order valence-corrected chi connectivity index (χ1v) is 7.28. The third-order valence-electron chi connectivity index (χ3n) is 3.43. The van der Waals surface area contributed by atoms with Crippen LogP contribution in [0, 0.1) is 23.7 Å². The lowest BCUT2D eigenvalue weighted by Gasteiger charge is -2.13. The summed E-state index contributed by atoms with van der Waals surface area (Å²) in [5.74, 6) is 10.2. The number of epoxide rings is 1. The van der Waals surface area contributed by atoms with Gasteiger partial charge in [-0.25, -0.2) is 0 Å². The average molecular weight is 276 g/mol. The smallest absolute Gasteiger partial charge is 0.146 e. The van der Waals surface area contributed by atoms with Crippen LogP contribution in [-0.2, 0) is 4.74 Å². The van der Waals surface area contributed by atoms with E-state index in [1.165, 1.54) is 31.8 Å². The largest absolute Gasteiger partial charge is 0.377 e. The van der Waals surface area contributed by atoms with Crippen molar-refractivity contribution in [2.45, 2.75) is 63.3 Å². The summed E-state index contributed by atoms with van der Waals surface area (Å²) in [5.41, 5.74) is -0.474. The molecule has 110 valence electrons. The van der Waals surface area contributed by atoms with Gasteiger partial charge in [0.2, 0.25) is 0 Å². The second kappa shape index (κ2) is 8.82. The first-order valence-electron chi connectivity index (χ1n) is 7.28. The van der Waals surface area contributed by atoms with Crippen molar-refractivity contribution in [2.75, 3.05) is 6.61 Å². The summed E-state index contributed by atoms with van der Waals surface area (Å²) in [5, 5.41) is 19.2. The predicted octanol–water partition coefficient (Wildman–Crippen LogP) is 2.03.